The van der Waals surface area contributed by atoms with Gasteiger partial charge in [-0.25, -0.2) is 9.80 Å². The number of aliphatic hydroxyl groups is 1. The summed E-state index contributed by atoms with van der Waals surface area (Å²) < 4.78 is 0. The lowest BCUT2D eigenvalue weighted by atomic mass is 9.78. The van der Waals surface area contributed by atoms with Crippen LogP contribution in [-0.4, -0.2) is 28.7 Å². The summed E-state index contributed by atoms with van der Waals surface area (Å²) in [5.74, 6) is -3.99. The van der Waals surface area contributed by atoms with Crippen LogP contribution in [0.15, 0.2) is 48.5 Å². The second kappa shape index (κ2) is 5.59. The average molecular weight is 364 g/mol. The van der Waals surface area contributed by atoms with Gasteiger partial charge in [-0.2, -0.15) is 0 Å². The molecule has 0 radical (unpaired) electrons. The Bertz CT molecular complexity index is 1030. The molecule has 2 aromatic carbocycles. The highest BCUT2D eigenvalue weighted by molar-refractivity contribution is 6.27. The maximum atomic E-state index is 13.1. The van der Waals surface area contributed by atoms with Gasteiger partial charge in [-0.1, -0.05) is 36.4 Å². The van der Waals surface area contributed by atoms with Crippen molar-refractivity contribution in [2.45, 2.75) is 25.4 Å². The van der Waals surface area contributed by atoms with Gasteiger partial charge in [0.1, 0.15) is 5.92 Å². The third-order valence-electron chi connectivity index (χ3n) is 5.09. The molecular weight excluding hydrogens is 348 g/mol. The summed E-state index contributed by atoms with van der Waals surface area (Å²) in [7, 11) is 0. The molecule has 27 heavy (non-hydrogen) atoms. The number of benzene rings is 2. The van der Waals surface area contributed by atoms with E-state index in [4.69, 9.17) is 0 Å². The standard InChI is InChI=1S/C20H16N2O5/c1-11(23)21-15-9-5-3-7-13(15)17(18(21)25)20(27)14-8-4-6-10-16(14)22(12(2)24)19(20)26/h3-10,17,27H,1-2H3/t17-,20+/m0/s1. The van der Waals surface area contributed by atoms with Gasteiger partial charge in [0.2, 0.25) is 17.7 Å². The average Bonchev–Trinajstić information content (AvgIpc) is 3.04. The number of fused-ring (bicyclic) bond motifs is 2. The fourth-order valence-corrected chi connectivity index (χ4v) is 4.02. The highest BCUT2D eigenvalue weighted by atomic mass is 16.3. The van der Waals surface area contributed by atoms with Crippen LogP contribution in [0, 0.1) is 0 Å². The van der Waals surface area contributed by atoms with Gasteiger partial charge in [0.15, 0.2) is 5.60 Å². The van der Waals surface area contributed by atoms with Gasteiger partial charge in [0, 0.05) is 19.4 Å². The van der Waals surface area contributed by atoms with Gasteiger partial charge in [0.05, 0.1) is 11.4 Å². The van der Waals surface area contributed by atoms with Crippen molar-refractivity contribution in [3.63, 3.8) is 0 Å². The fourth-order valence-electron chi connectivity index (χ4n) is 4.02. The lowest BCUT2D eigenvalue weighted by Crippen LogP contribution is -2.49. The zero-order chi connectivity index (χ0) is 19.5. The van der Waals surface area contributed by atoms with E-state index in [1.165, 1.54) is 19.9 Å². The maximum absolute atomic E-state index is 13.1. The number of nitrogens with zero attached hydrogens (tertiary/aromatic N) is 2. The largest absolute Gasteiger partial charge is 0.374 e. The predicted molar refractivity (Wildman–Crippen MR) is 95.9 cm³/mol. The minimum absolute atomic E-state index is 0.170. The van der Waals surface area contributed by atoms with Gasteiger partial charge < -0.3 is 5.11 Å². The summed E-state index contributed by atoms with van der Waals surface area (Å²) in [6.45, 7) is 2.46. The molecule has 7 nitrogen and oxygen atoms in total. The summed E-state index contributed by atoms with van der Waals surface area (Å²) in [5.41, 5.74) is -1.17. The third kappa shape index (κ3) is 2.06. The molecule has 1 N–H and O–H groups in total. The molecule has 4 amide bonds. The van der Waals surface area contributed by atoms with E-state index < -0.39 is 35.1 Å². The van der Waals surface area contributed by atoms with E-state index in [1.54, 1.807) is 42.5 Å². The van der Waals surface area contributed by atoms with Gasteiger partial charge in [-0.05, 0) is 17.7 Å². The van der Waals surface area contributed by atoms with Crippen molar-refractivity contribution < 1.29 is 24.3 Å². The number of rotatable bonds is 1. The van der Waals surface area contributed by atoms with E-state index in [9.17, 15) is 24.3 Å². The van der Waals surface area contributed by atoms with Crippen molar-refractivity contribution in [2.24, 2.45) is 0 Å². The molecule has 2 aliphatic heterocycles. The first-order chi connectivity index (χ1) is 12.8. The minimum atomic E-state index is -2.28. The Morgan fingerprint density at radius 2 is 1.44 bits per heavy atom. The van der Waals surface area contributed by atoms with Crippen LogP contribution in [-0.2, 0) is 24.8 Å². The van der Waals surface area contributed by atoms with Gasteiger partial charge in [-0.15, -0.1) is 0 Å². The molecule has 0 fully saturated rings. The molecule has 7 heteroatoms. The number of para-hydroxylation sites is 2. The molecule has 136 valence electrons. The molecule has 0 saturated carbocycles. The lowest BCUT2D eigenvalue weighted by molar-refractivity contribution is -0.146. The molecule has 0 aliphatic carbocycles. The molecule has 2 aromatic rings. The van der Waals surface area contributed by atoms with E-state index in [1.807, 2.05) is 0 Å². The van der Waals surface area contributed by atoms with Crippen LogP contribution in [0.3, 0.4) is 0 Å². The molecule has 2 atom stereocenters. The number of hydrogen-bond acceptors (Lipinski definition) is 5. The van der Waals surface area contributed by atoms with E-state index in [0.717, 1.165) is 9.80 Å². The number of carbonyl (C=O) groups is 4. The molecule has 0 aromatic heterocycles. The van der Waals surface area contributed by atoms with Crippen molar-refractivity contribution in [1.82, 2.24) is 0 Å². The molecule has 2 heterocycles. The quantitative estimate of drug-likeness (QED) is 0.826. The van der Waals surface area contributed by atoms with Crippen LogP contribution >= 0.6 is 0 Å². The Kier molecular flexibility index (Phi) is 3.54. The summed E-state index contributed by atoms with van der Waals surface area (Å²) in [6.07, 6.45) is 0. The van der Waals surface area contributed by atoms with Gasteiger partial charge in [-0.3, -0.25) is 19.2 Å². The molecule has 0 unspecified atom stereocenters. The predicted octanol–water partition coefficient (Wildman–Crippen LogP) is 1.44. The summed E-state index contributed by atoms with van der Waals surface area (Å²) in [5, 5.41) is 11.5. The van der Waals surface area contributed by atoms with E-state index >= 15 is 0 Å². The number of anilines is 2. The Balaban J connectivity index is 1.98. The van der Waals surface area contributed by atoms with E-state index in [0.29, 0.717) is 11.3 Å². The molecule has 4 rings (SSSR count). The Morgan fingerprint density at radius 3 is 2.07 bits per heavy atom. The van der Waals surface area contributed by atoms with Crippen molar-refractivity contribution >= 4 is 35.0 Å². The van der Waals surface area contributed by atoms with Gasteiger partial charge in [0.25, 0.3) is 5.91 Å². The molecule has 0 spiro atoms. The number of amides is 4. The molecule has 2 aliphatic rings. The number of carbonyl (C=O) groups excluding carboxylic acids is 4. The normalized spacial score (nSPS) is 23.4. The van der Waals surface area contributed by atoms with Crippen LogP contribution < -0.4 is 9.80 Å². The van der Waals surface area contributed by atoms with E-state index in [-0.39, 0.29) is 11.3 Å². The fraction of sp³-hybridized carbons (Fsp3) is 0.200. The van der Waals surface area contributed by atoms with Crippen molar-refractivity contribution in [2.75, 3.05) is 9.80 Å². The Hall–Kier alpha value is -3.32. The van der Waals surface area contributed by atoms with E-state index in [2.05, 4.69) is 0 Å². The van der Waals surface area contributed by atoms with Crippen molar-refractivity contribution in [1.29, 1.82) is 0 Å². The second-order valence-corrected chi connectivity index (χ2v) is 6.63. The van der Waals surface area contributed by atoms with Crippen molar-refractivity contribution in [3.8, 4) is 0 Å². The SMILES string of the molecule is CC(=O)N1C(=O)[C@@H]([C@@]2(O)C(=O)N(C(C)=O)c3ccccc32)c2ccccc21. The Morgan fingerprint density at radius 1 is 0.889 bits per heavy atom. The van der Waals surface area contributed by atoms with Gasteiger partial charge >= 0.3 is 0 Å². The van der Waals surface area contributed by atoms with Crippen LogP contribution in [0.25, 0.3) is 0 Å². The zero-order valence-corrected chi connectivity index (χ0v) is 14.7. The first-order valence-corrected chi connectivity index (χ1v) is 8.40. The monoisotopic (exact) mass is 364 g/mol. The van der Waals surface area contributed by atoms with Crippen LogP contribution in [0.4, 0.5) is 11.4 Å². The second-order valence-electron chi connectivity index (χ2n) is 6.63. The zero-order valence-electron chi connectivity index (χ0n) is 14.7. The summed E-state index contributed by atoms with van der Waals surface area (Å²) >= 11 is 0. The van der Waals surface area contributed by atoms with Crippen LogP contribution in [0.2, 0.25) is 0 Å². The summed E-state index contributed by atoms with van der Waals surface area (Å²) in [6, 6.07) is 12.8. The first-order valence-electron chi connectivity index (χ1n) is 8.40. The third-order valence-corrected chi connectivity index (χ3v) is 5.09. The Labute approximate surface area is 154 Å². The van der Waals surface area contributed by atoms with Crippen LogP contribution in [0.5, 0.6) is 0 Å². The number of hydrogen-bond donors (Lipinski definition) is 1. The smallest absolute Gasteiger partial charge is 0.271 e. The summed E-state index contributed by atoms with van der Waals surface area (Å²) in [4.78, 5) is 52.2. The molecule has 0 bridgehead atoms. The lowest BCUT2D eigenvalue weighted by Gasteiger charge is -2.28. The topological polar surface area (TPSA) is 95.0 Å². The first kappa shape index (κ1) is 17.1. The van der Waals surface area contributed by atoms with Crippen LogP contribution in [0.1, 0.15) is 30.9 Å². The van der Waals surface area contributed by atoms with Crippen molar-refractivity contribution in [3.05, 3.63) is 59.7 Å². The molecular formula is C20H16N2O5. The maximum Gasteiger partial charge on any atom is 0.271 e. The highest BCUT2D eigenvalue weighted by Crippen LogP contribution is 2.53. The minimum Gasteiger partial charge on any atom is -0.374 e. The molecule has 0 saturated heterocycles. The number of imide groups is 2. The highest BCUT2D eigenvalue weighted by Gasteiger charge is 2.62.